The molecule has 106 valence electrons. The van der Waals surface area contributed by atoms with Gasteiger partial charge in [0.15, 0.2) is 0 Å². The summed E-state index contributed by atoms with van der Waals surface area (Å²) in [5.74, 6) is 0.599. The van der Waals surface area contributed by atoms with E-state index in [2.05, 4.69) is 12.2 Å². The van der Waals surface area contributed by atoms with Crippen LogP contribution in [0.15, 0.2) is 18.2 Å². The molecule has 0 amide bonds. The van der Waals surface area contributed by atoms with Crippen LogP contribution in [0.25, 0.3) is 0 Å². The Labute approximate surface area is 115 Å². The van der Waals surface area contributed by atoms with E-state index in [1.807, 2.05) is 12.1 Å². The predicted octanol–water partition coefficient (Wildman–Crippen LogP) is 3.16. The van der Waals surface area contributed by atoms with Gasteiger partial charge in [0.1, 0.15) is 5.82 Å². The average Bonchev–Trinajstić information content (AvgIpc) is 2.42. The molecular weight excluding hydrogens is 241 g/mol. The van der Waals surface area contributed by atoms with Gasteiger partial charge < -0.3 is 10.4 Å². The number of aliphatic hydroxyl groups excluding tert-OH is 1. The van der Waals surface area contributed by atoms with Crippen molar-refractivity contribution in [1.29, 1.82) is 0 Å². The molecule has 1 fully saturated rings. The van der Waals surface area contributed by atoms with Crippen LogP contribution >= 0.6 is 0 Å². The molecule has 0 bridgehead atoms. The molecule has 0 aliphatic heterocycles. The van der Waals surface area contributed by atoms with Crippen molar-refractivity contribution in [3.05, 3.63) is 35.1 Å². The summed E-state index contributed by atoms with van der Waals surface area (Å²) in [5.41, 5.74) is 1.61. The van der Waals surface area contributed by atoms with Crippen LogP contribution < -0.4 is 5.32 Å². The SMILES string of the molecule is Cc1cc(CNC2(CO)CCC(C)CC2)ccc1F. The summed E-state index contributed by atoms with van der Waals surface area (Å²) in [6.45, 7) is 4.92. The molecule has 0 spiro atoms. The van der Waals surface area contributed by atoms with E-state index in [1.54, 1.807) is 6.92 Å². The van der Waals surface area contributed by atoms with Crippen molar-refractivity contribution in [3.63, 3.8) is 0 Å². The summed E-state index contributed by atoms with van der Waals surface area (Å²) in [6.07, 6.45) is 4.36. The number of hydrogen-bond donors (Lipinski definition) is 2. The highest BCUT2D eigenvalue weighted by Crippen LogP contribution is 2.31. The van der Waals surface area contributed by atoms with Crippen molar-refractivity contribution in [2.45, 2.75) is 51.6 Å². The first kappa shape index (κ1) is 14.5. The lowest BCUT2D eigenvalue weighted by atomic mass is 9.77. The zero-order valence-corrected chi connectivity index (χ0v) is 11.9. The Morgan fingerprint density at radius 3 is 2.63 bits per heavy atom. The zero-order valence-electron chi connectivity index (χ0n) is 11.9. The molecule has 1 saturated carbocycles. The van der Waals surface area contributed by atoms with Gasteiger partial charge in [0.2, 0.25) is 0 Å². The molecule has 0 aromatic heterocycles. The van der Waals surface area contributed by atoms with E-state index in [0.717, 1.165) is 37.2 Å². The van der Waals surface area contributed by atoms with E-state index in [-0.39, 0.29) is 18.0 Å². The molecule has 1 aliphatic carbocycles. The Bertz CT molecular complexity index is 425. The first-order valence-electron chi connectivity index (χ1n) is 7.15. The van der Waals surface area contributed by atoms with Gasteiger partial charge in [-0.15, -0.1) is 0 Å². The first-order chi connectivity index (χ1) is 9.04. The molecule has 0 atom stereocenters. The summed E-state index contributed by atoms with van der Waals surface area (Å²) < 4.78 is 13.2. The molecule has 1 aliphatic rings. The van der Waals surface area contributed by atoms with Crippen LogP contribution in [0.2, 0.25) is 0 Å². The minimum Gasteiger partial charge on any atom is -0.394 e. The fourth-order valence-electron chi connectivity index (χ4n) is 2.81. The van der Waals surface area contributed by atoms with E-state index in [1.165, 1.54) is 6.07 Å². The predicted molar refractivity (Wildman–Crippen MR) is 75.4 cm³/mol. The number of benzene rings is 1. The molecule has 0 heterocycles. The minimum atomic E-state index is -0.160. The van der Waals surface area contributed by atoms with Gasteiger partial charge >= 0.3 is 0 Å². The van der Waals surface area contributed by atoms with Gasteiger partial charge in [0.25, 0.3) is 0 Å². The molecule has 2 rings (SSSR count). The Morgan fingerprint density at radius 1 is 1.37 bits per heavy atom. The summed E-state index contributed by atoms with van der Waals surface area (Å²) in [5, 5.41) is 13.2. The van der Waals surface area contributed by atoms with E-state index in [9.17, 15) is 9.50 Å². The van der Waals surface area contributed by atoms with Crippen molar-refractivity contribution < 1.29 is 9.50 Å². The van der Waals surface area contributed by atoms with E-state index >= 15 is 0 Å². The largest absolute Gasteiger partial charge is 0.394 e. The van der Waals surface area contributed by atoms with Gasteiger partial charge in [-0.3, -0.25) is 0 Å². The number of aryl methyl sites for hydroxylation is 1. The van der Waals surface area contributed by atoms with E-state index in [4.69, 9.17) is 0 Å². The smallest absolute Gasteiger partial charge is 0.126 e. The molecule has 2 N–H and O–H groups in total. The van der Waals surface area contributed by atoms with Crippen molar-refractivity contribution in [3.8, 4) is 0 Å². The molecule has 2 nitrogen and oxygen atoms in total. The second-order valence-corrected chi connectivity index (χ2v) is 6.06. The lowest BCUT2D eigenvalue weighted by Crippen LogP contribution is -2.50. The van der Waals surface area contributed by atoms with Crippen LogP contribution in [0.3, 0.4) is 0 Å². The average molecular weight is 265 g/mol. The molecule has 0 unspecified atom stereocenters. The number of halogens is 1. The number of rotatable bonds is 4. The number of aliphatic hydroxyl groups is 1. The summed E-state index contributed by atoms with van der Waals surface area (Å²) in [4.78, 5) is 0. The second-order valence-electron chi connectivity index (χ2n) is 6.06. The van der Waals surface area contributed by atoms with Gasteiger partial charge in [-0.1, -0.05) is 19.1 Å². The van der Waals surface area contributed by atoms with Gasteiger partial charge in [0.05, 0.1) is 6.61 Å². The van der Waals surface area contributed by atoms with Crippen molar-refractivity contribution in [2.24, 2.45) is 5.92 Å². The molecular formula is C16H24FNO. The Morgan fingerprint density at radius 2 is 2.05 bits per heavy atom. The third-order valence-electron chi connectivity index (χ3n) is 4.42. The Balaban J connectivity index is 1.97. The highest BCUT2D eigenvalue weighted by molar-refractivity contribution is 5.24. The van der Waals surface area contributed by atoms with Crippen LogP contribution in [0.1, 0.15) is 43.7 Å². The maximum atomic E-state index is 13.2. The number of hydrogen-bond acceptors (Lipinski definition) is 2. The van der Waals surface area contributed by atoms with Crippen molar-refractivity contribution >= 4 is 0 Å². The fraction of sp³-hybridized carbons (Fsp3) is 0.625. The Hall–Kier alpha value is -0.930. The quantitative estimate of drug-likeness (QED) is 0.876. The monoisotopic (exact) mass is 265 g/mol. The third kappa shape index (κ3) is 3.54. The number of nitrogens with one attached hydrogen (secondary N) is 1. The van der Waals surface area contributed by atoms with Crippen LogP contribution in [0.5, 0.6) is 0 Å². The highest BCUT2D eigenvalue weighted by Gasteiger charge is 2.32. The van der Waals surface area contributed by atoms with Crippen molar-refractivity contribution in [1.82, 2.24) is 5.32 Å². The summed E-state index contributed by atoms with van der Waals surface area (Å²) >= 11 is 0. The van der Waals surface area contributed by atoms with Crippen LogP contribution in [0.4, 0.5) is 4.39 Å². The topological polar surface area (TPSA) is 32.3 Å². The molecule has 0 radical (unpaired) electrons. The minimum absolute atomic E-state index is 0.144. The summed E-state index contributed by atoms with van der Waals surface area (Å²) in [7, 11) is 0. The Kier molecular flexibility index (Phi) is 4.58. The lowest BCUT2D eigenvalue weighted by Gasteiger charge is -2.39. The molecule has 19 heavy (non-hydrogen) atoms. The zero-order chi connectivity index (χ0) is 13.9. The molecule has 3 heteroatoms. The molecule has 0 saturated heterocycles. The van der Waals surface area contributed by atoms with Crippen LogP contribution in [-0.4, -0.2) is 17.3 Å². The maximum Gasteiger partial charge on any atom is 0.126 e. The van der Waals surface area contributed by atoms with Gasteiger partial charge in [0, 0.05) is 12.1 Å². The van der Waals surface area contributed by atoms with Gasteiger partial charge in [-0.25, -0.2) is 4.39 Å². The summed E-state index contributed by atoms with van der Waals surface area (Å²) in [6, 6.07) is 5.20. The first-order valence-corrected chi connectivity index (χ1v) is 7.15. The van der Waals surface area contributed by atoms with Crippen molar-refractivity contribution in [2.75, 3.05) is 6.61 Å². The lowest BCUT2D eigenvalue weighted by molar-refractivity contribution is 0.104. The van der Waals surface area contributed by atoms with E-state index in [0.29, 0.717) is 12.1 Å². The molecule has 1 aromatic carbocycles. The van der Waals surface area contributed by atoms with Crippen LogP contribution in [0, 0.1) is 18.7 Å². The standard InChI is InChI=1S/C16H24FNO/c1-12-5-7-16(11-19,8-6-12)18-10-14-3-4-15(17)13(2)9-14/h3-4,9,12,18-19H,5-8,10-11H2,1-2H3. The fourth-order valence-corrected chi connectivity index (χ4v) is 2.81. The normalized spacial score (nSPS) is 27.5. The highest BCUT2D eigenvalue weighted by atomic mass is 19.1. The molecule has 1 aromatic rings. The second kappa shape index (κ2) is 6.02. The van der Waals surface area contributed by atoms with Gasteiger partial charge in [-0.05, 0) is 55.7 Å². The third-order valence-corrected chi connectivity index (χ3v) is 4.42. The van der Waals surface area contributed by atoms with E-state index < -0.39 is 0 Å². The maximum absolute atomic E-state index is 13.2. The van der Waals surface area contributed by atoms with Crippen LogP contribution in [-0.2, 0) is 6.54 Å². The van der Waals surface area contributed by atoms with Gasteiger partial charge in [-0.2, -0.15) is 0 Å².